The van der Waals surface area contributed by atoms with Crippen molar-refractivity contribution in [2.45, 2.75) is 4.90 Å². The molecule has 0 saturated carbocycles. The van der Waals surface area contributed by atoms with Crippen LogP contribution in [0.25, 0.3) is 27.9 Å². The van der Waals surface area contributed by atoms with Crippen molar-refractivity contribution in [3.8, 4) is 33.8 Å². The van der Waals surface area contributed by atoms with E-state index in [1.54, 1.807) is 29.6 Å². The number of benzene rings is 1. The lowest BCUT2D eigenvalue weighted by atomic mass is 10.2. The minimum absolute atomic E-state index is 0.0359. The standard InChI is InChI=1S/C25H16FN3O7S3/c1-29-21(22(30)23-19(39(29,32)33)11-18(38-23)17-3-2-10-34-17)24(31)28-25-27-15(12-37-25)16-8-9-20(36-16)35-14-6-4-13(26)5-7-14/h2-12,30H,1H3,(H,27,28,31). The van der Waals surface area contributed by atoms with Crippen LogP contribution in [-0.2, 0) is 14.8 Å². The summed E-state index contributed by atoms with van der Waals surface area (Å²) in [5, 5.41) is 15.2. The molecule has 1 amide bonds. The van der Waals surface area contributed by atoms with E-state index in [1.165, 1.54) is 43.6 Å². The molecule has 0 unspecified atom stereocenters. The molecule has 1 aliphatic rings. The average molecular weight is 586 g/mol. The zero-order valence-corrected chi connectivity index (χ0v) is 22.2. The number of nitrogens with zero attached hydrogens (tertiary/aromatic N) is 2. The molecule has 5 heterocycles. The first-order valence-corrected chi connectivity index (χ1v) is 14.2. The topological polar surface area (TPSA) is 135 Å². The van der Waals surface area contributed by atoms with Crippen molar-refractivity contribution in [1.29, 1.82) is 0 Å². The van der Waals surface area contributed by atoms with Gasteiger partial charge >= 0.3 is 0 Å². The van der Waals surface area contributed by atoms with Crippen molar-refractivity contribution in [2.75, 3.05) is 12.4 Å². The molecule has 0 atom stereocenters. The summed E-state index contributed by atoms with van der Waals surface area (Å²) in [6.45, 7) is 0. The van der Waals surface area contributed by atoms with Crippen LogP contribution in [0.5, 0.6) is 11.7 Å². The summed E-state index contributed by atoms with van der Waals surface area (Å²) >= 11 is 2.07. The van der Waals surface area contributed by atoms with E-state index < -0.39 is 33.2 Å². The first-order valence-electron chi connectivity index (χ1n) is 11.1. The van der Waals surface area contributed by atoms with Gasteiger partial charge in [0.2, 0.25) is 0 Å². The summed E-state index contributed by atoms with van der Waals surface area (Å²) in [6, 6.07) is 13.3. The molecule has 0 saturated heterocycles. The van der Waals surface area contributed by atoms with Crippen molar-refractivity contribution >= 4 is 49.5 Å². The van der Waals surface area contributed by atoms with Crippen molar-refractivity contribution in [3.63, 3.8) is 0 Å². The summed E-state index contributed by atoms with van der Waals surface area (Å²) in [6.07, 6.45) is 1.45. The fourth-order valence-corrected chi connectivity index (χ4v) is 7.26. The number of amides is 1. The number of aliphatic hydroxyl groups is 1. The van der Waals surface area contributed by atoms with Gasteiger partial charge in [-0.3, -0.25) is 14.4 Å². The number of anilines is 1. The van der Waals surface area contributed by atoms with E-state index in [4.69, 9.17) is 13.6 Å². The van der Waals surface area contributed by atoms with E-state index in [0.29, 0.717) is 27.8 Å². The van der Waals surface area contributed by atoms with Gasteiger partial charge in [0.05, 0.1) is 16.0 Å². The highest BCUT2D eigenvalue weighted by Crippen LogP contribution is 2.43. The highest BCUT2D eigenvalue weighted by atomic mass is 32.2. The highest BCUT2D eigenvalue weighted by Gasteiger charge is 2.40. The van der Waals surface area contributed by atoms with Crippen LogP contribution in [0.3, 0.4) is 0 Å². The molecule has 14 heteroatoms. The molecule has 4 aromatic heterocycles. The smallest absolute Gasteiger partial charge is 0.290 e. The van der Waals surface area contributed by atoms with E-state index in [0.717, 1.165) is 27.0 Å². The number of carbonyl (C=O) groups is 1. The maximum absolute atomic E-state index is 13.2. The van der Waals surface area contributed by atoms with Crippen LogP contribution in [0.2, 0.25) is 0 Å². The second-order valence-corrected chi connectivity index (χ2v) is 12.0. The Hall–Kier alpha value is -4.40. The lowest BCUT2D eigenvalue weighted by Crippen LogP contribution is -2.36. The molecule has 39 heavy (non-hydrogen) atoms. The van der Waals surface area contributed by atoms with Gasteiger partial charge in [-0.1, -0.05) is 0 Å². The number of aliphatic hydroxyl groups excluding tert-OH is 1. The molecule has 6 rings (SSSR count). The number of fused-ring (bicyclic) bond motifs is 1. The third-order valence-corrected chi connectivity index (χ3v) is 9.49. The molecule has 1 aromatic carbocycles. The van der Waals surface area contributed by atoms with Crippen LogP contribution in [0.4, 0.5) is 9.52 Å². The maximum Gasteiger partial charge on any atom is 0.290 e. The van der Waals surface area contributed by atoms with E-state index in [1.807, 2.05) is 0 Å². The Labute approximate surface area is 228 Å². The number of halogens is 1. The molecule has 0 aliphatic carbocycles. The summed E-state index contributed by atoms with van der Waals surface area (Å²) in [5.74, 6) is -0.420. The van der Waals surface area contributed by atoms with Crippen LogP contribution in [0.15, 0.2) is 85.7 Å². The summed E-state index contributed by atoms with van der Waals surface area (Å²) in [4.78, 5) is 17.9. The van der Waals surface area contributed by atoms with E-state index in [9.17, 15) is 22.7 Å². The highest BCUT2D eigenvalue weighted by molar-refractivity contribution is 7.89. The second-order valence-electron chi connectivity index (χ2n) is 8.12. The van der Waals surface area contributed by atoms with Crippen LogP contribution in [-0.4, -0.2) is 35.8 Å². The van der Waals surface area contributed by atoms with Crippen molar-refractivity contribution < 1.29 is 36.3 Å². The van der Waals surface area contributed by atoms with Gasteiger partial charge in [-0.05, 0) is 48.5 Å². The fraction of sp³-hybridized carbons (Fsp3) is 0.0400. The largest absolute Gasteiger partial charge is 0.504 e. The van der Waals surface area contributed by atoms with Gasteiger partial charge < -0.3 is 18.7 Å². The van der Waals surface area contributed by atoms with E-state index in [-0.39, 0.29) is 20.9 Å². The quantitative estimate of drug-likeness (QED) is 0.242. The van der Waals surface area contributed by atoms with Gasteiger partial charge in [-0.15, -0.1) is 22.7 Å². The molecule has 0 radical (unpaired) electrons. The second kappa shape index (κ2) is 9.41. The lowest BCUT2D eigenvalue weighted by molar-refractivity contribution is -0.113. The number of likely N-dealkylation sites (N-methyl/N-ethyl adjacent to an activating group) is 1. The Balaban J connectivity index is 1.23. The van der Waals surface area contributed by atoms with Gasteiger partial charge in [0.1, 0.15) is 27.9 Å². The Kier molecular flexibility index (Phi) is 6.01. The molecule has 10 nitrogen and oxygen atoms in total. The molecule has 0 fully saturated rings. The maximum atomic E-state index is 13.2. The number of furan rings is 2. The number of carbonyl (C=O) groups excluding carboxylic acids is 1. The monoisotopic (exact) mass is 585 g/mol. The van der Waals surface area contributed by atoms with Gasteiger partial charge in [-0.25, -0.2) is 17.8 Å². The van der Waals surface area contributed by atoms with Gasteiger partial charge in [0.25, 0.3) is 21.9 Å². The number of hydrogen-bond donors (Lipinski definition) is 2. The Morgan fingerprint density at radius 3 is 2.69 bits per heavy atom. The summed E-state index contributed by atoms with van der Waals surface area (Å²) in [7, 11) is -2.93. The minimum atomic E-state index is -4.12. The number of thiazole rings is 1. The number of nitrogens with one attached hydrogen (secondary N) is 1. The van der Waals surface area contributed by atoms with Crippen molar-refractivity contribution in [2.24, 2.45) is 0 Å². The van der Waals surface area contributed by atoms with Crippen molar-refractivity contribution in [3.05, 3.63) is 82.6 Å². The molecule has 5 aromatic rings. The lowest BCUT2D eigenvalue weighted by Gasteiger charge is -2.26. The normalized spacial score (nSPS) is 14.4. The van der Waals surface area contributed by atoms with Crippen LogP contribution in [0.1, 0.15) is 4.88 Å². The molecule has 0 bridgehead atoms. The molecule has 2 N–H and O–H groups in total. The van der Waals surface area contributed by atoms with Gasteiger partial charge in [0.15, 0.2) is 22.3 Å². The number of aromatic nitrogens is 1. The molecule has 1 aliphatic heterocycles. The first-order chi connectivity index (χ1) is 18.7. The van der Waals surface area contributed by atoms with E-state index in [2.05, 4.69) is 10.3 Å². The number of thiophene rings is 1. The molecular weight excluding hydrogens is 569 g/mol. The van der Waals surface area contributed by atoms with E-state index >= 15 is 0 Å². The molecule has 0 spiro atoms. The third kappa shape index (κ3) is 4.47. The number of sulfonamides is 1. The molecule has 198 valence electrons. The Morgan fingerprint density at radius 2 is 1.95 bits per heavy atom. The van der Waals surface area contributed by atoms with Gasteiger partial charge in [-0.2, -0.15) is 0 Å². The van der Waals surface area contributed by atoms with Crippen molar-refractivity contribution in [1.82, 2.24) is 9.29 Å². The average Bonchev–Trinajstić information content (AvgIpc) is 3.71. The molecular formula is C25H16FN3O7S3. The predicted octanol–water partition coefficient (Wildman–Crippen LogP) is 6.16. The van der Waals surface area contributed by atoms with Crippen LogP contribution in [0, 0.1) is 5.82 Å². The Bertz CT molecular complexity index is 1830. The van der Waals surface area contributed by atoms with Crippen LogP contribution < -0.4 is 10.1 Å². The number of rotatable bonds is 6. The summed E-state index contributed by atoms with van der Waals surface area (Å²) in [5.41, 5.74) is -0.0595. The fourth-order valence-electron chi connectivity index (χ4n) is 3.78. The Morgan fingerprint density at radius 1 is 1.15 bits per heavy atom. The zero-order valence-electron chi connectivity index (χ0n) is 19.7. The zero-order chi connectivity index (χ0) is 27.3. The third-order valence-electron chi connectivity index (χ3n) is 5.66. The SMILES string of the molecule is CN1C(C(=O)Nc2nc(-c3ccc(Oc4ccc(F)cc4)o3)cs2)=C(O)c2sc(-c3ccco3)cc2S1(=O)=O. The number of ether oxygens (including phenoxy) is 1. The minimum Gasteiger partial charge on any atom is -0.504 e. The summed E-state index contributed by atoms with van der Waals surface area (Å²) < 4.78 is 56.7. The number of hydrogen-bond acceptors (Lipinski definition) is 10. The predicted molar refractivity (Wildman–Crippen MR) is 141 cm³/mol. The first kappa shape index (κ1) is 24.9. The van der Waals surface area contributed by atoms with Crippen LogP contribution >= 0.6 is 22.7 Å². The van der Waals surface area contributed by atoms with Gasteiger partial charge in [0, 0.05) is 18.5 Å².